The van der Waals surface area contributed by atoms with Crippen molar-refractivity contribution in [2.45, 2.75) is 45.7 Å². The van der Waals surface area contributed by atoms with E-state index in [1.165, 1.54) is 22.5 Å². The molecular formula is C22H32N4OS. The minimum absolute atomic E-state index is 0.200. The van der Waals surface area contributed by atoms with Gasteiger partial charge in [0.25, 0.3) is 0 Å². The Bertz CT molecular complexity index is 766. The van der Waals surface area contributed by atoms with Gasteiger partial charge in [0.2, 0.25) is 5.91 Å². The molecule has 1 saturated heterocycles. The maximum absolute atomic E-state index is 12.5. The van der Waals surface area contributed by atoms with Crippen molar-refractivity contribution in [1.29, 1.82) is 0 Å². The predicted octanol–water partition coefficient (Wildman–Crippen LogP) is 3.35. The molecule has 2 heterocycles. The molecule has 2 aromatic rings. The maximum Gasteiger partial charge on any atom is 0.234 e. The zero-order valence-corrected chi connectivity index (χ0v) is 17.9. The van der Waals surface area contributed by atoms with Gasteiger partial charge in [0.1, 0.15) is 5.01 Å². The molecule has 4 rings (SSSR count). The molecule has 3 atom stereocenters. The number of hydrogen-bond acceptors (Lipinski definition) is 5. The van der Waals surface area contributed by atoms with Crippen molar-refractivity contribution in [3.05, 3.63) is 29.3 Å². The van der Waals surface area contributed by atoms with Crippen LogP contribution in [0.25, 0.3) is 10.2 Å². The van der Waals surface area contributed by atoms with Gasteiger partial charge in [-0.15, -0.1) is 11.3 Å². The first-order chi connectivity index (χ1) is 13.6. The van der Waals surface area contributed by atoms with Crippen molar-refractivity contribution >= 4 is 27.5 Å². The fraction of sp³-hybridized carbons (Fsp3) is 0.636. The summed E-state index contributed by atoms with van der Waals surface area (Å²) in [6.45, 7) is 9.96. The van der Waals surface area contributed by atoms with Crippen LogP contribution in [0.5, 0.6) is 0 Å². The van der Waals surface area contributed by atoms with E-state index < -0.39 is 0 Å². The Balaban J connectivity index is 1.22. The molecule has 1 aromatic carbocycles. The van der Waals surface area contributed by atoms with Gasteiger partial charge in [0.05, 0.1) is 23.3 Å². The fourth-order valence-electron chi connectivity index (χ4n) is 4.53. The lowest BCUT2D eigenvalue weighted by atomic mass is 9.78. The number of aromatic nitrogens is 1. The van der Waals surface area contributed by atoms with E-state index >= 15 is 0 Å². The van der Waals surface area contributed by atoms with Gasteiger partial charge < -0.3 is 5.32 Å². The van der Waals surface area contributed by atoms with Gasteiger partial charge in [-0.25, -0.2) is 4.98 Å². The smallest absolute Gasteiger partial charge is 0.234 e. The molecule has 0 bridgehead atoms. The van der Waals surface area contributed by atoms with Crippen LogP contribution in [0.3, 0.4) is 0 Å². The number of fused-ring (bicyclic) bond motifs is 1. The van der Waals surface area contributed by atoms with Crippen LogP contribution in [0.4, 0.5) is 0 Å². The van der Waals surface area contributed by atoms with Crippen molar-refractivity contribution in [3.8, 4) is 0 Å². The zero-order chi connectivity index (χ0) is 19.5. The lowest BCUT2D eigenvalue weighted by Crippen LogP contribution is -2.51. The first-order valence-corrected chi connectivity index (χ1v) is 11.5. The predicted molar refractivity (Wildman–Crippen MR) is 115 cm³/mol. The number of thiazole rings is 1. The molecule has 28 heavy (non-hydrogen) atoms. The Morgan fingerprint density at radius 3 is 2.68 bits per heavy atom. The average Bonchev–Trinajstić information content (AvgIpc) is 3.09. The van der Waals surface area contributed by atoms with Crippen LogP contribution in [0.15, 0.2) is 24.3 Å². The highest BCUT2D eigenvalue weighted by atomic mass is 32.1. The SMILES string of the molecule is C[C@@H]1[C@@H](C)CCC[C@H]1NC(=O)CN1CCN(Cc2nc3ccccc3s2)CC1. The molecular weight excluding hydrogens is 368 g/mol. The lowest BCUT2D eigenvalue weighted by molar-refractivity contribution is -0.124. The number of para-hydroxylation sites is 1. The number of piperazine rings is 1. The number of nitrogens with zero attached hydrogens (tertiary/aromatic N) is 3. The zero-order valence-electron chi connectivity index (χ0n) is 17.1. The van der Waals surface area contributed by atoms with Gasteiger partial charge in [-0.05, 0) is 30.4 Å². The Kier molecular flexibility index (Phi) is 6.28. The molecule has 1 aromatic heterocycles. The number of carbonyl (C=O) groups excluding carboxylic acids is 1. The summed E-state index contributed by atoms with van der Waals surface area (Å²) < 4.78 is 1.26. The third kappa shape index (κ3) is 4.73. The van der Waals surface area contributed by atoms with Crippen molar-refractivity contribution < 1.29 is 4.79 Å². The number of rotatable bonds is 5. The van der Waals surface area contributed by atoms with Crippen molar-refractivity contribution in [3.63, 3.8) is 0 Å². The van der Waals surface area contributed by atoms with Gasteiger partial charge in [-0.3, -0.25) is 14.6 Å². The highest BCUT2D eigenvalue weighted by Gasteiger charge is 2.29. The molecule has 0 unspecified atom stereocenters. The molecule has 0 spiro atoms. The molecule has 2 aliphatic rings. The molecule has 1 aliphatic carbocycles. The van der Waals surface area contributed by atoms with E-state index in [1.54, 1.807) is 11.3 Å². The number of benzene rings is 1. The molecule has 1 saturated carbocycles. The minimum atomic E-state index is 0.200. The largest absolute Gasteiger partial charge is 0.352 e. The van der Waals surface area contributed by atoms with Crippen molar-refractivity contribution in [2.75, 3.05) is 32.7 Å². The van der Waals surface area contributed by atoms with Crippen molar-refractivity contribution in [1.82, 2.24) is 20.1 Å². The van der Waals surface area contributed by atoms with Gasteiger partial charge in [0, 0.05) is 32.2 Å². The molecule has 1 amide bonds. The maximum atomic E-state index is 12.5. The summed E-state index contributed by atoms with van der Waals surface area (Å²) in [6.07, 6.45) is 3.66. The Morgan fingerprint density at radius 1 is 1.14 bits per heavy atom. The second-order valence-corrected chi connectivity index (χ2v) is 9.68. The van der Waals surface area contributed by atoms with E-state index in [4.69, 9.17) is 4.98 Å². The normalized spacial score (nSPS) is 27.1. The molecule has 1 N–H and O–H groups in total. The molecule has 2 fully saturated rings. The summed E-state index contributed by atoms with van der Waals surface area (Å²) in [5.41, 5.74) is 1.10. The van der Waals surface area contributed by atoms with Crippen molar-refractivity contribution in [2.24, 2.45) is 11.8 Å². The van der Waals surface area contributed by atoms with Gasteiger partial charge in [-0.1, -0.05) is 38.8 Å². The fourth-order valence-corrected chi connectivity index (χ4v) is 5.54. The van der Waals surface area contributed by atoms with Gasteiger partial charge >= 0.3 is 0 Å². The second-order valence-electron chi connectivity index (χ2n) is 8.57. The quantitative estimate of drug-likeness (QED) is 0.836. The van der Waals surface area contributed by atoms with Gasteiger partial charge in [-0.2, -0.15) is 0 Å². The van der Waals surface area contributed by atoms with Crippen LogP contribution in [-0.2, 0) is 11.3 Å². The first kappa shape index (κ1) is 19.8. The molecule has 152 valence electrons. The van der Waals surface area contributed by atoms with Crippen LogP contribution in [0.1, 0.15) is 38.1 Å². The highest BCUT2D eigenvalue weighted by Crippen LogP contribution is 2.29. The van der Waals surface area contributed by atoms with Crippen LogP contribution >= 0.6 is 11.3 Å². The van der Waals surface area contributed by atoms with Crippen LogP contribution in [-0.4, -0.2) is 59.5 Å². The number of nitrogens with one attached hydrogen (secondary N) is 1. The third-order valence-electron chi connectivity index (χ3n) is 6.58. The third-order valence-corrected chi connectivity index (χ3v) is 7.60. The second kappa shape index (κ2) is 8.89. The Morgan fingerprint density at radius 2 is 1.89 bits per heavy atom. The standard InChI is InChI=1S/C22H32N4OS/c1-16-6-5-8-18(17(16)2)23-21(27)14-25-10-12-26(13-11-25)15-22-24-19-7-3-4-9-20(19)28-22/h3-4,7,9,16-18H,5-6,8,10-15H2,1-2H3,(H,23,27)/t16-,17+,18+/m0/s1. The summed E-state index contributed by atoms with van der Waals surface area (Å²) in [4.78, 5) is 22.0. The summed E-state index contributed by atoms with van der Waals surface area (Å²) in [7, 11) is 0. The molecule has 5 nitrogen and oxygen atoms in total. The van der Waals surface area contributed by atoms with E-state index in [1.807, 2.05) is 6.07 Å². The van der Waals surface area contributed by atoms with Crippen LogP contribution < -0.4 is 5.32 Å². The van der Waals surface area contributed by atoms with E-state index in [-0.39, 0.29) is 5.91 Å². The van der Waals surface area contributed by atoms with E-state index in [2.05, 4.69) is 47.2 Å². The van der Waals surface area contributed by atoms with Gasteiger partial charge in [0.15, 0.2) is 0 Å². The van der Waals surface area contributed by atoms with E-state index in [0.29, 0.717) is 24.4 Å². The topological polar surface area (TPSA) is 48.5 Å². The Hall–Kier alpha value is -1.50. The molecule has 0 radical (unpaired) electrons. The first-order valence-electron chi connectivity index (χ1n) is 10.7. The van der Waals surface area contributed by atoms with E-state index in [0.717, 1.165) is 44.7 Å². The summed E-state index contributed by atoms with van der Waals surface area (Å²) >= 11 is 1.79. The lowest BCUT2D eigenvalue weighted by Gasteiger charge is -2.36. The minimum Gasteiger partial charge on any atom is -0.352 e. The van der Waals surface area contributed by atoms with Crippen LogP contribution in [0.2, 0.25) is 0 Å². The monoisotopic (exact) mass is 400 g/mol. The number of amides is 1. The van der Waals surface area contributed by atoms with Crippen LogP contribution in [0, 0.1) is 11.8 Å². The average molecular weight is 401 g/mol. The summed E-state index contributed by atoms with van der Waals surface area (Å²) in [5.74, 6) is 1.50. The molecule has 1 aliphatic heterocycles. The summed E-state index contributed by atoms with van der Waals surface area (Å²) in [6, 6.07) is 8.70. The number of carbonyl (C=O) groups is 1. The number of hydrogen-bond donors (Lipinski definition) is 1. The van der Waals surface area contributed by atoms with E-state index in [9.17, 15) is 4.79 Å². The Labute approximate surface area is 172 Å². The summed E-state index contributed by atoms with van der Waals surface area (Å²) in [5, 5.41) is 4.50. The highest BCUT2D eigenvalue weighted by molar-refractivity contribution is 7.18. The molecule has 6 heteroatoms.